The topological polar surface area (TPSA) is 61.9 Å². The summed E-state index contributed by atoms with van der Waals surface area (Å²) >= 11 is 7.60. The number of benzene rings is 2. The second kappa shape index (κ2) is 9.63. The smallest absolute Gasteiger partial charge is 0.277 e. The van der Waals surface area contributed by atoms with Gasteiger partial charge in [0.25, 0.3) is 5.56 Å². The van der Waals surface area contributed by atoms with Gasteiger partial charge in [0.05, 0.1) is 6.20 Å². The van der Waals surface area contributed by atoms with Gasteiger partial charge in [0.2, 0.25) is 0 Å². The highest BCUT2D eigenvalue weighted by atomic mass is 35.5. The van der Waals surface area contributed by atoms with Crippen LogP contribution in [0.5, 0.6) is 11.5 Å². The van der Waals surface area contributed by atoms with Gasteiger partial charge in [-0.3, -0.25) is 9.48 Å². The number of halogens is 1. The summed E-state index contributed by atoms with van der Waals surface area (Å²) in [6.45, 7) is 1.95. The molecule has 2 aromatic carbocycles. The lowest BCUT2D eigenvalue weighted by Crippen LogP contribution is -2.18. The van der Waals surface area contributed by atoms with Crippen LogP contribution in [0.3, 0.4) is 0 Å². The molecule has 0 aliphatic heterocycles. The molecule has 0 unspecified atom stereocenters. The second-order valence-corrected chi connectivity index (χ2v) is 8.96. The molecule has 0 N–H and O–H groups in total. The fourth-order valence-electron chi connectivity index (χ4n) is 3.24. The summed E-state index contributed by atoms with van der Waals surface area (Å²) in [5, 5.41) is 5.55. The maximum absolute atomic E-state index is 12.5. The van der Waals surface area contributed by atoms with Crippen LogP contribution in [0.4, 0.5) is 0 Å². The Morgan fingerprint density at radius 3 is 2.47 bits per heavy atom. The highest BCUT2D eigenvalue weighted by molar-refractivity contribution is 7.98. The van der Waals surface area contributed by atoms with Crippen LogP contribution in [0, 0.1) is 6.92 Å². The first-order valence-corrected chi connectivity index (χ1v) is 11.4. The summed E-state index contributed by atoms with van der Waals surface area (Å²) in [4.78, 5) is 16.8. The standard InChI is InChI=1S/C24H23ClN4O2S/c1-16-10-21(8-9-22(16)25)31-20-6-4-17(5-7-20)15-32-24-27-23(30)19(14-28(24)2)11-18-12-26-29(3)13-18/h4-10,12-14H,11,15H2,1-3H3. The van der Waals surface area contributed by atoms with Crippen molar-refractivity contribution in [1.82, 2.24) is 19.3 Å². The predicted molar refractivity (Wildman–Crippen MR) is 128 cm³/mol. The van der Waals surface area contributed by atoms with Crippen LogP contribution in [-0.4, -0.2) is 19.3 Å². The first kappa shape index (κ1) is 22.2. The summed E-state index contributed by atoms with van der Waals surface area (Å²) in [6, 6.07) is 13.5. The van der Waals surface area contributed by atoms with Crippen molar-refractivity contribution >= 4 is 23.4 Å². The Labute approximate surface area is 195 Å². The average Bonchev–Trinajstić information content (AvgIpc) is 3.18. The van der Waals surface area contributed by atoms with Crippen LogP contribution >= 0.6 is 23.4 Å². The molecule has 0 aliphatic rings. The third-order valence-electron chi connectivity index (χ3n) is 4.93. The third-order valence-corrected chi connectivity index (χ3v) is 6.47. The molecule has 0 saturated carbocycles. The molecule has 0 bridgehead atoms. The highest BCUT2D eigenvalue weighted by Gasteiger charge is 2.10. The molecule has 0 saturated heterocycles. The van der Waals surface area contributed by atoms with Crippen molar-refractivity contribution in [3.8, 4) is 11.5 Å². The molecule has 4 aromatic rings. The molecule has 0 fully saturated rings. The molecule has 0 radical (unpaired) electrons. The highest BCUT2D eigenvalue weighted by Crippen LogP contribution is 2.27. The van der Waals surface area contributed by atoms with Gasteiger partial charge in [0.15, 0.2) is 5.16 Å². The van der Waals surface area contributed by atoms with Gasteiger partial charge in [0, 0.05) is 49.2 Å². The number of rotatable bonds is 7. The van der Waals surface area contributed by atoms with E-state index in [1.807, 2.05) is 80.4 Å². The SMILES string of the molecule is Cc1cc(Oc2ccc(CSc3nc(=O)c(Cc4cnn(C)c4)cn3C)cc2)ccc1Cl. The van der Waals surface area contributed by atoms with Gasteiger partial charge in [-0.2, -0.15) is 10.1 Å². The average molecular weight is 467 g/mol. The number of thioether (sulfide) groups is 1. The Balaban J connectivity index is 1.39. The van der Waals surface area contributed by atoms with E-state index < -0.39 is 0 Å². The monoisotopic (exact) mass is 466 g/mol. The van der Waals surface area contributed by atoms with Crippen LogP contribution in [0.1, 0.15) is 22.3 Å². The molecule has 0 amide bonds. The minimum Gasteiger partial charge on any atom is -0.457 e. The zero-order valence-electron chi connectivity index (χ0n) is 18.1. The molecule has 32 heavy (non-hydrogen) atoms. The molecule has 2 aromatic heterocycles. The van der Waals surface area contributed by atoms with Crippen LogP contribution in [-0.2, 0) is 26.3 Å². The lowest BCUT2D eigenvalue weighted by molar-refractivity contribution is 0.482. The van der Waals surface area contributed by atoms with Gasteiger partial charge in [0.1, 0.15) is 11.5 Å². The lowest BCUT2D eigenvalue weighted by Gasteiger charge is -2.10. The summed E-state index contributed by atoms with van der Waals surface area (Å²) in [7, 11) is 3.77. The third kappa shape index (κ3) is 5.41. The van der Waals surface area contributed by atoms with Gasteiger partial charge in [-0.25, -0.2) is 0 Å². The Morgan fingerprint density at radius 1 is 1.03 bits per heavy atom. The first-order chi connectivity index (χ1) is 15.4. The molecule has 6 nitrogen and oxygen atoms in total. The predicted octanol–water partition coefficient (Wildman–Crippen LogP) is 5.15. The normalized spacial score (nSPS) is 11.0. The van der Waals surface area contributed by atoms with Crippen molar-refractivity contribution in [1.29, 1.82) is 0 Å². The molecule has 164 valence electrons. The van der Waals surface area contributed by atoms with Crippen molar-refractivity contribution in [2.45, 2.75) is 24.3 Å². The van der Waals surface area contributed by atoms with Gasteiger partial charge in [-0.05, 0) is 53.9 Å². The van der Waals surface area contributed by atoms with Gasteiger partial charge >= 0.3 is 0 Å². The molecular weight excluding hydrogens is 444 g/mol. The van der Waals surface area contributed by atoms with E-state index >= 15 is 0 Å². The van der Waals surface area contributed by atoms with Crippen molar-refractivity contribution < 1.29 is 4.74 Å². The zero-order chi connectivity index (χ0) is 22.7. The minimum absolute atomic E-state index is 0.198. The Hall–Kier alpha value is -3.03. The maximum Gasteiger partial charge on any atom is 0.277 e. The van der Waals surface area contributed by atoms with Crippen molar-refractivity contribution in [3.05, 3.63) is 98.7 Å². The van der Waals surface area contributed by atoms with Gasteiger partial charge in [-0.15, -0.1) is 0 Å². The quantitative estimate of drug-likeness (QED) is 0.278. The Kier molecular flexibility index (Phi) is 6.67. The van der Waals surface area contributed by atoms with Crippen LogP contribution in [0.2, 0.25) is 5.02 Å². The number of hydrogen-bond acceptors (Lipinski definition) is 5. The fourth-order valence-corrected chi connectivity index (χ4v) is 4.25. The minimum atomic E-state index is -0.198. The summed E-state index contributed by atoms with van der Waals surface area (Å²) < 4.78 is 9.53. The van der Waals surface area contributed by atoms with Crippen molar-refractivity contribution in [2.24, 2.45) is 14.1 Å². The van der Waals surface area contributed by atoms with E-state index in [1.54, 1.807) is 10.9 Å². The molecule has 4 rings (SSSR count). The summed E-state index contributed by atoms with van der Waals surface area (Å²) in [6.07, 6.45) is 6.05. The molecular formula is C24H23ClN4O2S. The van der Waals surface area contributed by atoms with E-state index in [1.165, 1.54) is 11.8 Å². The summed E-state index contributed by atoms with van der Waals surface area (Å²) in [5.74, 6) is 2.20. The summed E-state index contributed by atoms with van der Waals surface area (Å²) in [5.41, 5.74) is 3.54. The van der Waals surface area contributed by atoms with Crippen LogP contribution in [0.15, 0.2) is 71.0 Å². The zero-order valence-corrected chi connectivity index (χ0v) is 19.7. The Morgan fingerprint density at radius 2 is 1.78 bits per heavy atom. The van der Waals surface area contributed by atoms with Gasteiger partial charge < -0.3 is 9.30 Å². The van der Waals surface area contributed by atoms with Gasteiger partial charge in [-0.1, -0.05) is 35.5 Å². The number of nitrogens with zero attached hydrogens (tertiary/aromatic N) is 4. The number of aryl methyl sites for hydroxylation is 3. The number of aromatic nitrogens is 4. The largest absolute Gasteiger partial charge is 0.457 e. The first-order valence-electron chi connectivity index (χ1n) is 10.1. The molecule has 2 heterocycles. The molecule has 8 heteroatoms. The van der Waals surface area contributed by atoms with E-state index in [9.17, 15) is 4.79 Å². The van der Waals surface area contributed by atoms with Crippen molar-refractivity contribution in [2.75, 3.05) is 0 Å². The van der Waals surface area contributed by atoms with E-state index in [0.29, 0.717) is 22.9 Å². The van der Waals surface area contributed by atoms with E-state index in [0.717, 1.165) is 33.2 Å². The molecule has 0 spiro atoms. The van der Waals surface area contributed by atoms with E-state index in [2.05, 4.69) is 10.1 Å². The Bertz CT molecular complexity index is 1300. The fraction of sp³-hybridized carbons (Fsp3) is 0.208. The molecule has 0 atom stereocenters. The lowest BCUT2D eigenvalue weighted by atomic mass is 10.1. The van der Waals surface area contributed by atoms with E-state index in [-0.39, 0.29) is 5.56 Å². The maximum atomic E-state index is 12.5. The van der Waals surface area contributed by atoms with Crippen LogP contribution in [0.25, 0.3) is 0 Å². The number of hydrogen-bond donors (Lipinski definition) is 0. The second-order valence-electron chi connectivity index (χ2n) is 7.61. The van der Waals surface area contributed by atoms with Crippen LogP contribution < -0.4 is 10.3 Å². The van der Waals surface area contributed by atoms with E-state index in [4.69, 9.17) is 16.3 Å². The molecule has 0 aliphatic carbocycles. The van der Waals surface area contributed by atoms with Crippen molar-refractivity contribution in [3.63, 3.8) is 0 Å². The number of ether oxygens (including phenoxy) is 1.